The number of H-pyrrole nitrogens is 1. The highest BCUT2D eigenvalue weighted by Crippen LogP contribution is 2.18. The zero-order valence-electron chi connectivity index (χ0n) is 18.0. The number of fused-ring (bicyclic) bond motifs is 1. The topological polar surface area (TPSA) is 87.3 Å². The predicted molar refractivity (Wildman–Crippen MR) is 125 cm³/mol. The molecule has 1 aromatic heterocycles. The Morgan fingerprint density at radius 1 is 1.00 bits per heavy atom. The largest absolute Gasteiger partial charge is 0.497 e. The second-order valence-corrected chi connectivity index (χ2v) is 7.48. The van der Waals surface area contributed by atoms with Gasteiger partial charge in [0.2, 0.25) is 0 Å². The maximum Gasteiger partial charge on any atom is 0.322 e. The molecule has 2 amide bonds. The lowest BCUT2D eigenvalue weighted by Crippen LogP contribution is -2.35. The minimum absolute atomic E-state index is 0.143. The number of aromatic nitrogens is 2. The van der Waals surface area contributed by atoms with Gasteiger partial charge in [-0.05, 0) is 48.4 Å². The van der Waals surface area contributed by atoms with E-state index < -0.39 is 0 Å². The van der Waals surface area contributed by atoms with E-state index in [0.717, 1.165) is 22.6 Å². The summed E-state index contributed by atoms with van der Waals surface area (Å²) in [6, 6.07) is 22.0. The number of hydrogen-bond donors (Lipinski definition) is 2. The summed E-state index contributed by atoms with van der Waals surface area (Å²) in [5.74, 6) is 1.16. The Labute approximate surface area is 185 Å². The summed E-state index contributed by atoms with van der Waals surface area (Å²) in [6.07, 6.45) is 0. The molecule has 0 aliphatic rings. The van der Waals surface area contributed by atoms with E-state index in [1.165, 1.54) is 0 Å². The van der Waals surface area contributed by atoms with Crippen LogP contribution in [-0.4, -0.2) is 28.0 Å². The number of carbonyl (C=O) groups is 1. The third-order valence-electron chi connectivity index (χ3n) is 5.21. The van der Waals surface area contributed by atoms with Crippen molar-refractivity contribution in [1.29, 1.82) is 0 Å². The number of anilines is 1. The number of rotatable bonds is 6. The lowest BCUT2D eigenvalue weighted by molar-refractivity contribution is 0.205. The Hall–Kier alpha value is -4.13. The van der Waals surface area contributed by atoms with Crippen molar-refractivity contribution in [3.63, 3.8) is 0 Å². The summed E-state index contributed by atoms with van der Waals surface area (Å²) in [6.45, 7) is 2.41. The molecular weight excluding hydrogens is 404 g/mol. The molecule has 0 fully saturated rings. The van der Waals surface area contributed by atoms with Crippen LogP contribution in [0.25, 0.3) is 10.9 Å². The number of carbonyl (C=O) groups excluding carboxylic acids is 1. The maximum atomic E-state index is 13.2. The molecule has 0 saturated heterocycles. The fourth-order valence-corrected chi connectivity index (χ4v) is 3.45. The van der Waals surface area contributed by atoms with E-state index >= 15 is 0 Å². The van der Waals surface area contributed by atoms with Crippen molar-refractivity contribution < 1.29 is 9.53 Å². The molecule has 0 bridgehead atoms. The van der Waals surface area contributed by atoms with E-state index in [-0.39, 0.29) is 18.1 Å². The molecule has 4 aromatic rings. The van der Waals surface area contributed by atoms with Crippen molar-refractivity contribution >= 4 is 22.6 Å². The number of methoxy groups -OCH3 is 1. The van der Waals surface area contributed by atoms with Crippen LogP contribution in [0.15, 0.2) is 77.6 Å². The van der Waals surface area contributed by atoms with E-state index in [2.05, 4.69) is 15.3 Å². The quantitative estimate of drug-likeness (QED) is 0.474. The highest BCUT2D eigenvalue weighted by molar-refractivity contribution is 5.90. The van der Waals surface area contributed by atoms with Gasteiger partial charge in [-0.2, -0.15) is 0 Å². The summed E-state index contributed by atoms with van der Waals surface area (Å²) in [5.41, 5.74) is 2.98. The van der Waals surface area contributed by atoms with Gasteiger partial charge in [0, 0.05) is 12.2 Å². The van der Waals surface area contributed by atoms with E-state index in [0.29, 0.717) is 23.3 Å². The molecule has 3 aromatic carbocycles. The summed E-state index contributed by atoms with van der Waals surface area (Å²) in [7, 11) is 1.61. The van der Waals surface area contributed by atoms with Gasteiger partial charge in [0.25, 0.3) is 5.56 Å². The normalized spacial score (nSPS) is 10.7. The van der Waals surface area contributed by atoms with E-state index in [1.807, 2.05) is 61.5 Å². The smallest absolute Gasteiger partial charge is 0.322 e. The molecule has 32 heavy (non-hydrogen) atoms. The van der Waals surface area contributed by atoms with Gasteiger partial charge in [-0.1, -0.05) is 42.5 Å². The molecular formula is C25H24N4O3. The molecule has 0 unspecified atom stereocenters. The van der Waals surface area contributed by atoms with Crippen LogP contribution in [0.4, 0.5) is 10.5 Å². The minimum atomic E-state index is -0.286. The van der Waals surface area contributed by atoms with Gasteiger partial charge in [-0.3, -0.25) is 4.79 Å². The molecule has 0 atom stereocenters. The number of amides is 2. The van der Waals surface area contributed by atoms with Crippen LogP contribution in [0.3, 0.4) is 0 Å². The Morgan fingerprint density at radius 2 is 1.72 bits per heavy atom. The fourth-order valence-electron chi connectivity index (χ4n) is 3.45. The van der Waals surface area contributed by atoms with Crippen molar-refractivity contribution in [2.45, 2.75) is 20.0 Å². The molecule has 4 rings (SSSR count). The minimum Gasteiger partial charge on any atom is -0.497 e. The Kier molecular flexibility index (Phi) is 6.17. The molecule has 1 heterocycles. The number of ether oxygens (including phenoxy) is 1. The standard InChI is InChI=1S/C25H24N4O3/c1-17-7-3-5-9-21(17)27-25(31)29(15-18-11-13-19(32-2)14-12-18)16-23-26-22-10-6-4-8-20(22)24(30)28-23/h3-14H,15-16H2,1-2H3,(H,27,31)(H,26,28,30). The third kappa shape index (κ3) is 4.78. The molecule has 2 N–H and O–H groups in total. The molecule has 0 spiro atoms. The van der Waals surface area contributed by atoms with Crippen LogP contribution >= 0.6 is 0 Å². The number of aromatic amines is 1. The van der Waals surface area contributed by atoms with Crippen LogP contribution in [0, 0.1) is 6.92 Å². The van der Waals surface area contributed by atoms with Crippen LogP contribution < -0.4 is 15.6 Å². The average molecular weight is 428 g/mol. The summed E-state index contributed by atoms with van der Waals surface area (Å²) < 4.78 is 5.22. The Morgan fingerprint density at radius 3 is 2.47 bits per heavy atom. The second kappa shape index (κ2) is 9.34. The number of urea groups is 1. The monoisotopic (exact) mass is 428 g/mol. The highest BCUT2D eigenvalue weighted by atomic mass is 16.5. The van der Waals surface area contributed by atoms with Gasteiger partial charge in [0.1, 0.15) is 11.6 Å². The molecule has 0 aliphatic heterocycles. The zero-order valence-corrected chi connectivity index (χ0v) is 18.0. The first-order valence-electron chi connectivity index (χ1n) is 10.3. The first-order valence-corrected chi connectivity index (χ1v) is 10.3. The summed E-state index contributed by atoms with van der Waals surface area (Å²) >= 11 is 0. The molecule has 7 heteroatoms. The summed E-state index contributed by atoms with van der Waals surface area (Å²) in [5, 5.41) is 3.48. The number of nitrogens with one attached hydrogen (secondary N) is 2. The van der Waals surface area contributed by atoms with Gasteiger partial charge in [-0.25, -0.2) is 9.78 Å². The maximum absolute atomic E-state index is 13.2. The third-order valence-corrected chi connectivity index (χ3v) is 5.21. The number of benzene rings is 3. The molecule has 162 valence electrons. The number of nitrogens with zero attached hydrogens (tertiary/aromatic N) is 2. The second-order valence-electron chi connectivity index (χ2n) is 7.48. The van der Waals surface area contributed by atoms with E-state index in [1.54, 1.807) is 30.2 Å². The van der Waals surface area contributed by atoms with Crippen LogP contribution in [0.2, 0.25) is 0 Å². The molecule has 0 saturated carbocycles. The van der Waals surface area contributed by atoms with Gasteiger partial charge in [0.15, 0.2) is 0 Å². The van der Waals surface area contributed by atoms with E-state index in [9.17, 15) is 9.59 Å². The average Bonchev–Trinajstić information content (AvgIpc) is 2.80. The van der Waals surface area contributed by atoms with Crippen molar-refractivity contribution in [2.24, 2.45) is 0 Å². The van der Waals surface area contributed by atoms with Gasteiger partial charge >= 0.3 is 6.03 Å². The van der Waals surface area contributed by atoms with Gasteiger partial charge < -0.3 is 19.9 Å². The fraction of sp³-hybridized carbons (Fsp3) is 0.160. The molecule has 0 radical (unpaired) electrons. The van der Waals surface area contributed by atoms with Gasteiger partial charge in [-0.15, -0.1) is 0 Å². The van der Waals surface area contributed by atoms with Gasteiger partial charge in [0.05, 0.1) is 24.6 Å². The highest BCUT2D eigenvalue weighted by Gasteiger charge is 2.18. The van der Waals surface area contributed by atoms with Crippen molar-refractivity contribution in [3.05, 3.63) is 100 Å². The van der Waals surface area contributed by atoms with Crippen LogP contribution in [-0.2, 0) is 13.1 Å². The number of para-hydroxylation sites is 2. The first-order chi connectivity index (χ1) is 15.5. The van der Waals surface area contributed by atoms with Crippen LogP contribution in [0.1, 0.15) is 17.0 Å². The summed E-state index contributed by atoms with van der Waals surface area (Å²) in [4.78, 5) is 34.7. The SMILES string of the molecule is COc1ccc(CN(Cc2nc3ccccc3c(=O)[nH]2)C(=O)Nc2ccccc2C)cc1. The number of aryl methyl sites for hydroxylation is 1. The zero-order chi connectivity index (χ0) is 22.5. The lowest BCUT2D eigenvalue weighted by Gasteiger charge is -2.23. The Bertz CT molecular complexity index is 1300. The molecule has 7 nitrogen and oxygen atoms in total. The predicted octanol–water partition coefficient (Wildman–Crippen LogP) is 4.47. The first kappa shape index (κ1) is 21.1. The van der Waals surface area contributed by atoms with Crippen molar-refractivity contribution in [1.82, 2.24) is 14.9 Å². The van der Waals surface area contributed by atoms with Crippen molar-refractivity contribution in [2.75, 3.05) is 12.4 Å². The van der Waals surface area contributed by atoms with E-state index in [4.69, 9.17) is 4.74 Å². The molecule has 0 aliphatic carbocycles. The Balaban J connectivity index is 1.63. The number of hydrogen-bond acceptors (Lipinski definition) is 4. The van der Waals surface area contributed by atoms with Crippen LogP contribution in [0.5, 0.6) is 5.75 Å². The lowest BCUT2D eigenvalue weighted by atomic mass is 10.2. The van der Waals surface area contributed by atoms with Crippen molar-refractivity contribution in [3.8, 4) is 5.75 Å².